The van der Waals surface area contributed by atoms with Crippen molar-refractivity contribution in [2.75, 3.05) is 14.2 Å². The van der Waals surface area contributed by atoms with Crippen LogP contribution in [0.4, 0.5) is 0 Å². The fraction of sp³-hybridized carbons (Fsp3) is 0.833. The number of carboxylic acids is 2. The summed E-state index contributed by atoms with van der Waals surface area (Å²) >= 11 is 0.230. The fourth-order valence-electron chi connectivity index (χ4n) is 0.859. The van der Waals surface area contributed by atoms with Crippen molar-refractivity contribution in [2.45, 2.75) is 48.8 Å². The van der Waals surface area contributed by atoms with Crippen molar-refractivity contribution in [1.82, 2.24) is 0 Å². The van der Waals surface area contributed by atoms with Gasteiger partial charge in [-0.05, 0) is 12.8 Å². The van der Waals surface area contributed by atoms with Crippen LogP contribution in [-0.2, 0) is 19.1 Å². The van der Waals surface area contributed by atoms with E-state index in [1.807, 2.05) is 0 Å². The summed E-state index contributed by atoms with van der Waals surface area (Å²) in [5.41, 5.74) is 0. The van der Waals surface area contributed by atoms with E-state index >= 15 is 0 Å². The maximum atomic E-state index is 9.93. The molecule has 0 bridgehead atoms. The molecule has 0 aliphatic carbocycles. The molecule has 0 aromatic carbocycles. The maximum absolute atomic E-state index is 9.93. The average Bonchev–Trinajstić information content (AvgIpc) is 2.33. The number of aliphatic carboxylic acids is 2. The Morgan fingerprint density at radius 3 is 1.16 bits per heavy atom. The topological polar surface area (TPSA) is 98.7 Å². The number of carbonyl (C=O) groups excluding carboxylic acids is 2. The molecule has 112 valence electrons. The molecule has 0 fully saturated rings. The molecule has 6 nitrogen and oxygen atoms in total. The second kappa shape index (κ2) is 17.7. The molecule has 2 unspecified atom stereocenters. The average molecular weight is 383 g/mol. The summed E-state index contributed by atoms with van der Waals surface area (Å²) in [5.74, 6) is -2.29. The third kappa shape index (κ3) is 17.7. The fourth-order valence-corrected chi connectivity index (χ4v) is 0.859. The van der Waals surface area contributed by atoms with Gasteiger partial charge in [-0.25, -0.2) is 0 Å². The number of hydrogen-bond acceptors (Lipinski definition) is 6. The van der Waals surface area contributed by atoms with Crippen molar-refractivity contribution in [3.63, 3.8) is 0 Å². The van der Waals surface area contributed by atoms with Gasteiger partial charge in [0.05, 0.1) is 24.1 Å². The summed E-state index contributed by atoms with van der Waals surface area (Å²) < 4.78 is 9.00. The van der Waals surface area contributed by atoms with E-state index in [1.54, 1.807) is 13.8 Å². The molecule has 0 radical (unpaired) electrons. The van der Waals surface area contributed by atoms with Crippen molar-refractivity contribution < 1.29 is 29.3 Å². The Bertz CT molecular complexity index is 192. The summed E-state index contributed by atoms with van der Waals surface area (Å²) in [6.45, 7) is 3.45. The first-order valence-electron chi connectivity index (χ1n) is 5.91. The van der Waals surface area contributed by atoms with E-state index in [-0.39, 0.29) is 21.1 Å². The predicted octanol–water partition coefficient (Wildman–Crippen LogP) is -0.891. The van der Waals surface area contributed by atoms with Gasteiger partial charge in [-0.3, -0.25) is 0 Å². The summed E-state index contributed by atoms with van der Waals surface area (Å²) in [6.07, 6.45) is -0.567. The molecule has 0 spiro atoms. The Hall–Kier alpha value is -0.341. The standard InChI is InChI=1S/2C5H10O3.2CH3.Sn/c2*1-3-4(8-2)5(6)7;;;/h2*4H,3H2,1-2H3,(H,6,7);2*1H3;/q;;;;+2/p-2. The molecule has 0 aromatic rings. The first-order chi connectivity index (χ1) is 8.85. The number of carboxylic acid groups (broad SMARTS) is 2. The quantitative estimate of drug-likeness (QED) is 0.552. The molecule has 0 saturated heterocycles. The molecule has 0 aliphatic rings. The van der Waals surface area contributed by atoms with Gasteiger partial charge in [0, 0.05) is 14.2 Å². The first kappa shape index (κ1) is 23.7. The molecule has 19 heavy (non-hydrogen) atoms. The van der Waals surface area contributed by atoms with Crippen LogP contribution in [0.15, 0.2) is 0 Å². The van der Waals surface area contributed by atoms with Gasteiger partial charge in [0.15, 0.2) is 0 Å². The first-order valence-corrected chi connectivity index (χ1v) is 11.6. The zero-order valence-corrected chi connectivity index (χ0v) is 15.4. The van der Waals surface area contributed by atoms with E-state index in [1.165, 1.54) is 14.2 Å². The van der Waals surface area contributed by atoms with Crippen LogP contribution in [0.2, 0.25) is 9.88 Å². The Kier molecular flexibility index (Phi) is 22.1. The van der Waals surface area contributed by atoms with Crippen LogP contribution in [0, 0.1) is 0 Å². The van der Waals surface area contributed by atoms with Crippen LogP contribution in [0.5, 0.6) is 0 Å². The summed E-state index contributed by atoms with van der Waals surface area (Å²) in [5, 5.41) is 19.9. The van der Waals surface area contributed by atoms with E-state index < -0.39 is 24.1 Å². The Morgan fingerprint density at radius 1 is 0.947 bits per heavy atom. The summed E-state index contributed by atoms with van der Waals surface area (Å²) in [7, 11) is 2.70. The van der Waals surface area contributed by atoms with Crippen LogP contribution >= 0.6 is 0 Å². The van der Waals surface area contributed by atoms with Crippen molar-refractivity contribution in [3.05, 3.63) is 0 Å². The molecule has 2 atom stereocenters. The molecule has 0 saturated carbocycles. The normalized spacial score (nSPS) is 11.7. The van der Waals surface area contributed by atoms with Crippen LogP contribution in [0.3, 0.4) is 0 Å². The number of carbonyl (C=O) groups is 2. The second-order valence-corrected chi connectivity index (χ2v) is 6.26. The summed E-state index contributed by atoms with van der Waals surface area (Å²) in [4.78, 5) is 24.4. The molecule has 7 heteroatoms. The number of rotatable bonds is 6. The number of hydrogen-bond donors (Lipinski definition) is 0. The third-order valence-corrected chi connectivity index (χ3v) is 1.84. The van der Waals surface area contributed by atoms with Gasteiger partial charge < -0.3 is 29.3 Å². The van der Waals surface area contributed by atoms with E-state index in [0.717, 1.165) is 0 Å². The molecular formula is C12H24O6Sn. The summed E-state index contributed by atoms with van der Waals surface area (Å²) in [6, 6.07) is 0. The number of ether oxygens (including phenoxy) is 2. The molecular weight excluding hydrogens is 359 g/mol. The molecule has 0 aliphatic heterocycles. The van der Waals surface area contributed by atoms with E-state index in [9.17, 15) is 19.8 Å². The van der Waals surface area contributed by atoms with Crippen molar-refractivity contribution in [1.29, 1.82) is 0 Å². The van der Waals surface area contributed by atoms with Crippen molar-refractivity contribution in [2.24, 2.45) is 0 Å². The Morgan fingerprint density at radius 2 is 1.16 bits per heavy atom. The molecule has 0 heterocycles. The SMILES string of the molecule is CCC(OC)C(=O)[O-].CCC(OC)C(=O)[O-].[CH3][Sn+2][CH3]. The van der Waals surface area contributed by atoms with Crippen molar-refractivity contribution >= 4 is 33.1 Å². The van der Waals surface area contributed by atoms with Gasteiger partial charge in [-0.15, -0.1) is 0 Å². The monoisotopic (exact) mass is 384 g/mol. The van der Waals surface area contributed by atoms with E-state index in [4.69, 9.17) is 0 Å². The van der Waals surface area contributed by atoms with Crippen LogP contribution in [0.1, 0.15) is 26.7 Å². The van der Waals surface area contributed by atoms with Gasteiger partial charge in [0.25, 0.3) is 0 Å². The van der Waals surface area contributed by atoms with E-state index in [0.29, 0.717) is 12.8 Å². The van der Waals surface area contributed by atoms with Gasteiger partial charge >= 0.3 is 31.0 Å². The molecule has 0 rings (SSSR count). The third-order valence-electron chi connectivity index (χ3n) is 1.84. The molecule has 0 aromatic heterocycles. The van der Waals surface area contributed by atoms with Crippen molar-refractivity contribution in [3.8, 4) is 0 Å². The second-order valence-electron chi connectivity index (χ2n) is 3.40. The zero-order chi connectivity index (χ0) is 15.8. The molecule has 0 N–H and O–H groups in total. The van der Waals surface area contributed by atoms with Crippen LogP contribution < -0.4 is 10.2 Å². The minimum absolute atomic E-state index is 0.230. The number of methoxy groups -OCH3 is 2. The molecule has 0 amide bonds. The van der Waals surface area contributed by atoms with Crippen LogP contribution in [0.25, 0.3) is 0 Å². The van der Waals surface area contributed by atoms with E-state index in [2.05, 4.69) is 19.4 Å². The van der Waals surface area contributed by atoms with Gasteiger partial charge in [0.1, 0.15) is 0 Å². The van der Waals surface area contributed by atoms with Gasteiger partial charge in [0.2, 0.25) is 0 Å². The predicted molar refractivity (Wildman–Crippen MR) is 69.7 cm³/mol. The Labute approximate surface area is 125 Å². The Balaban J connectivity index is -0.000000224. The van der Waals surface area contributed by atoms with Gasteiger partial charge in [-0.1, -0.05) is 13.8 Å². The zero-order valence-electron chi connectivity index (χ0n) is 12.5. The van der Waals surface area contributed by atoms with Crippen LogP contribution in [-0.4, -0.2) is 59.5 Å². The van der Waals surface area contributed by atoms with Gasteiger partial charge in [-0.2, -0.15) is 0 Å². The minimum atomic E-state index is -1.14.